The first-order chi connectivity index (χ1) is 9.08. The summed E-state index contributed by atoms with van der Waals surface area (Å²) in [4.78, 5) is 0.0209. The summed E-state index contributed by atoms with van der Waals surface area (Å²) in [7, 11) is -5.73. The monoisotopic (exact) mass is 316 g/mol. The van der Waals surface area contributed by atoms with Crippen molar-refractivity contribution in [3.8, 4) is 6.07 Å². The van der Waals surface area contributed by atoms with Gasteiger partial charge < -0.3 is 0 Å². The fourth-order valence-electron chi connectivity index (χ4n) is 1.53. The molecule has 0 amide bonds. The van der Waals surface area contributed by atoms with E-state index >= 15 is 0 Å². The van der Waals surface area contributed by atoms with Gasteiger partial charge in [0, 0.05) is 19.8 Å². The second kappa shape index (κ2) is 5.91. The third-order valence-corrected chi connectivity index (χ3v) is 5.71. The molecule has 0 aliphatic heterocycles. The van der Waals surface area contributed by atoms with Gasteiger partial charge >= 0.3 is 0 Å². The van der Waals surface area contributed by atoms with Crippen molar-refractivity contribution in [3.05, 3.63) is 29.3 Å². The molecule has 0 saturated carbocycles. The number of sulfone groups is 1. The summed E-state index contributed by atoms with van der Waals surface area (Å²) >= 11 is 0. The molecule has 0 spiro atoms. The predicted octanol–water partition coefficient (Wildman–Crippen LogP) is 0.532. The molecule has 8 heteroatoms. The smallest absolute Gasteiger partial charge is 0.229 e. The van der Waals surface area contributed by atoms with Crippen LogP contribution in [0.2, 0.25) is 0 Å². The standard InChI is InChI=1S/C12H16N2O4S2/c1-10-4-5-11(9-13)8-12(10)20(17,18)14(2)6-7-19(3,15)16/h4-5,8H,6-7H2,1-3H3. The minimum Gasteiger partial charge on any atom is -0.229 e. The molecule has 0 N–H and O–H groups in total. The van der Waals surface area contributed by atoms with Crippen molar-refractivity contribution in [2.45, 2.75) is 11.8 Å². The van der Waals surface area contributed by atoms with Crippen LogP contribution < -0.4 is 0 Å². The van der Waals surface area contributed by atoms with Crippen molar-refractivity contribution in [1.29, 1.82) is 5.26 Å². The number of hydrogen-bond acceptors (Lipinski definition) is 5. The maximum Gasteiger partial charge on any atom is 0.243 e. The van der Waals surface area contributed by atoms with Gasteiger partial charge in [-0.25, -0.2) is 16.8 Å². The SMILES string of the molecule is Cc1ccc(C#N)cc1S(=O)(=O)N(C)CCS(C)(=O)=O. The number of nitrogens with zero attached hydrogens (tertiary/aromatic N) is 2. The molecule has 110 valence electrons. The van der Waals surface area contributed by atoms with E-state index in [0.717, 1.165) is 10.6 Å². The van der Waals surface area contributed by atoms with Gasteiger partial charge in [-0.1, -0.05) is 6.07 Å². The largest absolute Gasteiger partial charge is 0.243 e. The summed E-state index contributed by atoms with van der Waals surface area (Å²) in [5.74, 6) is -0.250. The molecule has 0 aliphatic carbocycles. The van der Waals surface area contributed by atoms with Gasteiger partial charge in [0.05, 0.1) is 22.3 Å². The van der Waals surface area contributed by atoms with Crippen LogP contribution in [0.15, 0.2) is 23.1 Å². The van der Waals surface area contributed by atoms with Gasteiger partial charge in [0.2, 0.25) is 10.0 Å². The Kier molecular flexibility index (Phi) is 4.91. The summed E-state index contributed by atoms with van der Waals surface area (Å²) in [5, 5.41) is 8.83. The molecule has 0 fully saturated rings. The molecule has 1 aromatic rings. The minimum absolute atomic E-state index is 0.0209. The van der Waals surface area contributed by atoms with Gasteiger partial charge in [0.15, 0.2) is 0 Å². The van der Waals surface area contributed by atoms with Crippen molar-refractivity contribution in [1.82, 2.24) is 4.31 Å². The van der Waals surface area contributed by atoms with Gasteiger partial charge in [0.1, 0.15) is 9.84 Å². The second-order valence-corrected chi connectivity index (χ2v) is 8.82. The molecule has 1 aromatic carbocycles. The Labute approximate surface area is 119 Å². The van der Waals surface area contributed by atoms with E-state index in [-0.39, 0.29) is 22.8 Å². The Hall–Kier alpha value is -1.43. The lowest BCUT2D eigenvalue weighted by Crippen LogP contribution is -2.32. The number of aryl methyl sites for hydroxylation is 1. The highest BCUT2D eigenvalue weighted by Gasteiger charge is 2.23. The maximum atomic E-state index is 12.4. The molecule has 0 saturated heterocycles. The number of benzene rings is 1. The molecule has 0 radical (unpaired) electrons. The quantitative estimate of drug-likeness (QED) is 0.789. The number of nitriles is 1. The lowest BCUT2D eigenvalue weighted by Gasteiger charge is -2.18. The van der Waals surface area contributed by atoms with Crippen molar-refractivity contribution >= 4 is 19.9 Å². The molecule has 0 atom stereocenters. The third kappa shape index (κ3) is 4.03. The predicted molar refractivity (Wildman–Crippen MR) is 75.4 cm³/mol. The summed E-state index contributed by atoms with van der Waals surface area (Å²) in [6, 6.07) is 6.26. The Balaban J connectivity index is 3.14. The Morgan fingerprint density at radius 1 is 1.25 bits per heavy atom. The molecule has 0 unspecified atom stereocenters. The van der Waals surface area contributed by atoms with Gasteiger partial charge in [-0.3, -0.25) is 0 Å². The van der Waals surface area contributed by atoms with Crippen molar-refractivity contribution in [3.63, 3.8) is 0 Å². The highest BCUT2D eigenvalue weighted by atomic mass is 32.2. The summed E-state index contributed by atoms with van der Waals surface area (Å²) in [6.45, 7) is 1.50. The topological polar surface area (TPSA) is 95.3 Å². The van der Waals surface area contributed by atoms with E-state index in [0.29, 0.717) is 5.56 Å². The highest BCUT2D eigenvalue weighted by Crippen LogP contribution is 2.20. The first-order valence-corrected chi connectivity index (χ1v) is 9.23. The van der Waals surface area contributed by atoms with Crippen LogP contribution in [0.4, 0.5) is 0 Å². The Bertz CT molecular complexity index is 746. The minimum atomic E-state index is -3.81. The van der Waals surface area contributed by atoms with E-state index in [4.69, 9.17) is 5.26 Å². The zero-order valence-corrected chi connectivity index (χ0v) is 13.1. The average molecular weight is 316 g/mol. The van der Waals surface area contributed by atoms with E-state index < -0.39 is 19.9 Å². The van der Waals surface area contributed by atoms with E-state index in [9.17, 15) is 16.8 Å². The lowest BCUT2D eigenvalue weighted by molar-refractivity contribution is 0.484. The normalized spacial score (nSPS) is 12.3. The lowest BCUT2D eigenvalue weighted by atomic mass is 10.2. The van der Waals surface area contributed by atoms with Crippen LogP contribution in [0.3, 0.4) is 0 Å². The van der Waals surface area contributed by atoms with Crippen LogP contribution in [-0.2, 0) is 19.9 Å². The molecular weight excluding hydrogens is 300 g/mol. The molecule has 0 heterocycles. The van der Waals surface area contributed by atoms with Crippen LogP contribution in [0.25, 0.3) is 0 Å². The Morgan fingerprint density at radius 2 is 1.85 bits per heavy atom. The van der Waals surface area contributed by atoms with Crippen molar-refractivity contribution in [2.75, 3.05) is 25.6 Å². The van der Waals surface area contributed by atoms with E-state index in [1.807, 2.05) is 6.07 Å². The molecule has 0 bridgehead atoms. The number of sulfonamides is 1. The first-order valence-electron chi connectivity index (χ1n) is 5.73. The fourth-order valence-corrected chi connectivity index (χ4v) is 3.67. The van der Waals surface area contributed by atoms with Crippen molar-refractivity contribution in [2.24, 2.45) is 0 Å². The van der Waals surface area contributed by atoms with Crippen LogP contribution in [0.1, 0.15) is 11.1 Å². The number of hydrogen-bond donors (Lipinski definition) is 0. The van der Waals surface area contributed by atoms with Gasteiger partial charge in [-0.2, -0.15) is 9.57 Å². The maximum absolute atomic E-state index is 12.4. The molecule has 20 heavy (non-hydrogen) atoms. The van der Waals surface area contributed by atoms with Gasteiger partial charge in [-0.05, 0) is 24.6 Å². The average Bonchev–Trinajstić information content (AvgIpc) is 2.35. The summed E-state index contributed by atoms with van der Waals surface area (Å²) in [6.07, 6.45) is 1.05. The van der Waals surface area contributed by atoms with Crippen LogP contribution in [0, 0.1) is 18.3 Å². The molecule has 0 aromatic heterocycles. The Morgan fingerprint density at radius 3 is 2.35 bits per heavy atom. The second-order valence-electron chi connectivity index (χ2n) is 4.55. The van der Waals surface area contributed by atoms with Crippen LogP contribution in [-0.4, -0.2) is 46.7 Å². The summed E-state index contributed by atoms with van der Waals surface area (Å²) in [5.41, 5.74) is 0.751. The molecule has 6 nitrogen and oxygen atoms in total. The zero-order chi connectivity index (χ0) is 15.6. The fraction of sp³-hybridized carbons (Fsp3) is 0.417. The van der Waals surface area contributed by atoms with Gasteiger partial charge in [-0.15, -0.1) is 0 Å². The van der Waals surface area contributed by atoms with Crippen LogP contribution in [0.5, 0.6) is 0 Å². The summed E-state index contributed by atoms with van der Waals surface area (Å²) < 4.78 is 47.9. The number of rotatable bonds is 5. The van der Waals surface area contributed by atoms with E-state index in [1.54, 1.807) is 13.0 Å². The van der Waals surface area contributed by atoms with Gasteiger partial charge in [0.25, 0.3) is 0 Å². The molecular formula is C12H16N2O4S2. The highest BCUT2D eigenvalue weighted by molar-refractivity contribution is 7.91. The van der Waals surface area contributed by atoms with E-state index in [2.05, 4.69) is 0 Å². The zero-order valence-electron chi connectivity index (χ0n) is 11.5. The first kappa shape index (κ1) is 16.6. The van der Waals surface area contributed by atoms with Crippen molar-refractivity contribution < 1.29 is 16.8 Å². The van der Waals surface area contributed by atoms with E-state index in [1.165, 1.54) is 19.2 Å². The molecule has 1 rings (SSSR count). The third-order valence-electron chi connectivity index (χ3n) is 2.78. The molecule has 0 aliphatic rings. The van der Waals surface area contributed by atoms with Crippen LogP contribution >= 0.6 is 0 Å².